The highest BCUT2D eigenvalue weighted by Crippen LogP contribution is 2.42. The maximum Gasteiger partial charge on any atom is 0.0384 e. The van der Waals surface area contributed by atoms with E-state index in [1.807, 2.05) is 30.0 Å². The average Bonchev–Trinajstić information content (AvgIpc) is 3.01. The molecule has 0 bridgehead atoms. The molecule has 3 aromatic rings. The first-order chi connectivity index (χ1) is 10.9. The maximum absolute atomic E-state index is 3.44. The summed E-state index contributed by atoms with van der Waals surface area (Å²) < 4.78 is 0. The van der Waals surface area contributed by atoms with Crippen molar-refractivity contribution in [2.24, 2.45) is 0 Å². The second kappa shape index (κ2) is 5.90. The van der Waals surface area contributed by atoms with Gasteiger partial charge in [0.1, 0.15) is 0 Å². The highest BCUT2D eigenvalue weighted by Gasteiger charge is 2.23. The van der Waals surface area contributed by atoms with Gasteiger partial charge in [-0.1, -0.05) is 48.5 Å². The van der Waals surface area contributed by atoms with E-state index in [0.29, 0.717) is 5.92 Å². The van der Waals surface area contributed by atoms with Gasteiger partial charge in [0, 0.05) is 27.9 Å². The molecule has 4 rings (SSSR count). The summed E-state index contributed by atoms with van der Waals surface area (Å²) in [5.74, 6) is 1.66. The average molecular weight is 303 g/mol. The predicted molar refractivity (Wildman–Crippen MR) is 95.2 cm³/mol. The summed E-state index contributed by atoms with van der Waals surface area (Å²) >= 11 is 1.96. The van der Waals surface area contributed by atoms with Crippen molar-refractivity contribution in [1.29, 1.82) is 0 Å². The minimum absolute atomic E-state index is 0.520. The Kier molecular flexibility index (Phi) is 3.61. The van der Waals surface area contributed by atoms with Gasteiger partial charge >= 0.3 is 0 Å². The smallest absolute Gasteiger partial charge is 0.0384 e. The Morgan fingerprint density at radius 3 is 2.23 bits per heavy atom. The van der Waals surface area contributed by atoms with Crippen LogP contribution in [-0.4, -0.2) is 5.75 Å². The van der Waals surface area contributed by atoms with Crippen LogP contribution in [0.25, 0.3) is 0 Å². The second-order valence-corrected chi connectivity index (χ2v) is 6.58. The SMILES string of the molecule is c1ccc(Nc2ccc(C3CSc4ccccc43)cc2)cc1. The fourth-order valence-electron chi connectivity index (χ4n) is 2.93. The first kappa shape index (κ1) is 13.5. The van der Waals surface area contributed by atoms with Gasteiger partial charge in [0.25, 0.3) is 0 Å². The molecule has 1 heterocycles. The minimum atomic E-state index is 0.520. The first-order valence-corrected chi connectivity index (χ1v) is 8.52. The highest BCUT2D eigenvalue weighted by molar-refractivity contribution is 7.99. The van der Waals surface area contributed by atoms with E-state index in [4.69, 9.17) is 0 Å². The molecule has 0 aliphatic carbocycles. The second-order valence-electron chi connectivity index (χ2n) is 5.51. The van der Waals surface area contributed by atoms with Crippen molar-refractivity contribution in [1.82, 2.24) is 0 Å². The predicted octanol–water partition coefficient (Wildman–Crippen LogP) is 5.67. The summed E-state index contributed by atoms with van der Waals surface area (Å²) in [5.41, 5.74) is 5.12. The number of anilines is 2. The third kappa shape index (κ3) is 2.62. The van der Waals surface area contributed by atoms with Crippen LogP contribution in [0, 0.1) is 0 Å². The van der Waals surface area contributed by atoms with Gasteiger partial charge < -0.3 is 5.32 Å². The normalized spacial score (nSPS) is 16.3. The van der Waals surface area contributed by atoms with Crippen molar-refractivity contribution in [3.8, 4) is 0 Å². The van der Waals surface area contributed by atoms with Crippen LogP contribution >= 0.6 is 11.8 Å². The van der Waals surface area contributed by atoms with Gasteiger partial charge in [0.05, 0.1) is 0 Å². The van der Waals surface area contributed by atoms with E-state index >= 15 is 0 Å². The minimum Gasteiger partial charge on any atom is -0.356 e. The molecule has 0 amide bonds. The maximum atomic E-state index is 3.44. The molecule has 1 unspecified atom stereocenters. The zero-order valence-electron chi connectivity index (χ0n) is 12.2. The quantitative estimate of drug-likeness (QED) is 0.669. The number of hydrogen-bond acceptors (Lipinski definition) is 2. The summed E-state index contributed by atoms with van der Waals surface area (Å²) in [6.07, 6.45) is 0. The molecule has 1 aliphatic rings. The molecule has 1 aliphatic heterocycles. The Morgan fingerprint density at radius 1 is 0.727 bits per heavy atom. The summed E-state index contributed by atoms with van der Waals surface area (Å²) in [5, 5.41) is 3.44. The fraction of sp³-hybridized carbons (Fsp3) is 0.100. The van der Waals surface area contributed by atoms with Gasteiger partial charge in [-0.15, -0.1) is 11.8 Å². The molecule has 1 N–H and O–H groups in total. The number of para-hydroxylation sites is 1. The summed E-state index contributed by atoms with van der Waals surface area (Å²) in [6, 6.07) is 27.9. The monoisotopic (exact) mass is 303 g/mol. The fourth-order valence-corrected chi connectivity index (χ4v) is 4.20. The molecule has 0 radical (unpaired) electrons. The standard InChI is InChI=1S/C20H17NS/c1-2-6-16(7-3-1)21-17-12-10-15(11-13-17)19-14-22-20-9-5-4-8-18(19)20/h1-13,19,21H,14H2. The van der Waals surface area contributed by atoms with Crippen molar-refractivity contribution in [3.63, 3.8) is 0 Å². The molecule has 1 nitrogen and oxygen atoms in total. The van der Waals surface area contributed by atoms with Crippen LogP contribution < -0.4 is 5.32 Å². The summed E-state index contributed by atoms with van der Waals surface area (Å²) in [7, 11) is 0. The lowest BCUT2D eigenvalue weighted by Gasteiger charge is -2.13. The third-order valence-corrected chi connectivity index (χ3v) is 5.26. The summed E-state index contributed by atoms with van der Waals surface area (Å²) in [4.78, 5) is 1.43. The zero-order chi connectivity index (χ0) is 14.8. The van der Waals surface area contributed by atoms with Crippen molar-refractivity contribution >= 4 is 23.1 Å². The van der Waals surface area contributed by atoms with Gasteiger partial charge in [0.2, 0.25) is 0 Å². The number of nitrogens with one attached hydrogen (secondary N) is 1. The van der Waals surface area contributed by atoms with Crippen molar-refractivity contribution < 1.29 is 0 Å². The van der Waals surface area contributed by atoms with Crippen molar-refractivity contribution in [2.75, 3.05) is 11.1 Å². The molecular formula is C20H17NS. The van der Waals surface area contributed by atoms with Gasteiger partial charge in [0.15, 0.2) is 0 Å². The zero-order valence-corrected chi connectivity index (χ0v) is 13.0. The number of fused-ring (bicyclic) bond motifs is 1. The molecular weight excluding hydrogens is 286 g/mol. The third-order valence-electron chi connectivity index (χ3n) is 4.08. The molecule has 0 fully saturated rings. The lowest BCUT2D eigenvalue weighted by Crippen LogP contribution is -1.99. The van der Waals surface area contributed by atoms with E-state index in [1.165, 1.54) is 16.0 Å². The number of rotatable bonds is 3. The Hall–Kier alpha value is -2.19. The first-order valence-electron chi connectivity index (χ1n) is 7.54. The highest BCUT2D eigenvalue weighted by atomic mass is 32.2. The van der Waals surface area contributed by atoms with Crippen LogP contribution in [0.3, 0.4) is 0 Å². The molecule has 0 aromatic heterocycles. The van der Waals surface area contributed by atoms with Crippen LogP contribution in [0.5, 0.6) is 0 Å². The van der Waals surface area contributed by atoms with Gasteiger partial charge in [-0.25, -0.2) is 0 Å². The lowest BCUT2D eigenvalue weighted by atomic mass is 9.93. The van der Waals surface area contributed by atoms with Crippen LogP contribution in [-0.2, 0) is 0 Å². The van der Waals surface area contributed by atoms with Crippen LogP contribution in [0.4, 0.5) is 11.4 Å². The van der Waals surface area contributed by atoms with E-state index in [1.54, 1.807) is 0 Å². The van der Waals surface area contributed by atoms with E-state index in [9.17, 15) is 0 Å². The lowest BCUT2D eigenvalue weighted by molar-refractivity contribution is 0.938. The molecule has 22 heavy (non-hydrogen) atoms. The molecule has 0 saturated carbocycles. The van der Waals surface area contributed by atoms with Crippen molar-refractivity contribution in [2.45, 2.75) is 10.8 Å². The van der Waals surface area contributed by atoms with Crippen LogP contribution in [0.15, 0.2) is 83.8 Å². The van der Waals surface area contributed by atoms with E-state index < -0.39 is 0 Å². The topological polar surface area (TPSA) is 12.0 Å². The Balaban J connectivity index is 1.56. The van der Waals surface area contributed by atoms with Gasteiger partial charge in [-0.05, 0) is 41.5 Å². The molecule has 2 heteroatoms. The van der Waals surface area contributed by atoms with E-state index in [-0.39, 0.29) is 0 Å². The molecule has 1 atom stereocenters. The largest absolute Gasteiger partial charge is 0.356 e. The van der Waals surface area contributed by atoms with Crippen LogP contribution in [0.2, 0.25) is 0 Å². The Bertz CT molecular complexity index is 765. The van der Waals surface area contributed by atoms with E-state index in [0.717, 1.165) is 17.1 Å². The number of benzene rings is 3. The van der Waals surface area contributed by atoms with E-state index in [2.05, 4.69) is 66.0 Å². The van der Waals surface area contributed by atoms with Crippen molar-refractivity contribution in [3.05, 3.63) is 90.0 Å². The summed E-state index contributed by atoms with van der Waals surface area (Å²) in [6.45, 7) is 0. The molecule has 0 spiro atoms. The number of thioether (sulfide) groups is 1. The molecule has 3 aromatic carbocycles. The molecule has 0 saturated heterocycles. The Morgan fingerprint density at radius 2 is 1.41 bits per heavy atom. The number of hydrogen-bond donors (Lipinski definition) is 1. The van der Waals surface area contributed by atoms with Crippen LogP contribution in [0.1, 0.15) is 17.0 Å². The molecule has 108 valence electrons. The Labute approximate surface area is 135 Å². The van der Waals surface area contributed by atoms with Gasteiger partial charge in [-0.3, -0.25) is 0 Å². The van der Waals surface area contributed by atoms with Gasteiger partial charge in [-0.2, -0.15) is 0 Å².